The third-order valence-electron chi connectivity index (χ3n) is 5.80. The number of ether oxygens (including phenoxy) is 1. The average molecular weight is 349 g/mol. The molecule has 0 aliphatic carbocycles. The molecule has 1 aromatic carbocycles. The molecule has 3 aliphatic heterocycles. The lowest BCUT2D eigenvalue weighted by Crippen LogP contribution is -2.48. The molecule has 24 heavy (non-hydrogen) atoms. The normalized spacial score (nSPS) is 30.8. The minimum absolute atomic E-state index is 0.0552. The van der Waals surface area contributed by atoms with E-state index in [0.29, 0.717) is 28.4 Å². The topological polar surface area (TPSA) is 41.6 Å². The summed E-state index contributed by atoms with van der Waals surface area (Å²) in [6.45, 7) is 4.08. The maximum absolute atomic E-state index is 12.9. The van der Waals surface area contributed by atoms with Gasteiger partial charge in [-0.3, -0.25) is 4.79 Å². The Morgan fingerprint density at radius 3 is 2.62 bits per heavy atom. The van der Waals surface area contributed by atoms with Gasteiger partial charge in [0.05, 0.1) is 5.56 Å². The van der Waals surface area contributed by atoms with Crippen molar-refractivity contribution in [2.45, 2.75) is 69.7 Å². The summed E-state index contributed by atoms with van der Waals surface area (Å²) >= 11 is 6.24. The van der Waals surface area contributed by atoms with Gasteiger partial charge in [-0.1, -0.05) is 11.6 Å². The molecular weight excluding hydrogens is 324 g/mol. The van der Waals surface area contributed by atoms with Crippen molar-refractivity contribution in [3.63, 3.8) is 0 Å². The second-order valence-electron chi connectivity index (χ2n) is 8.17. The summed E-state index contributed by atoms with van der Waals surface area (Å²) in [5, 5.41) is 3.84. The predicted molar refractivity (Wildman–Crippen MR) is 94.9 cm³/mol. The highest BCUT2D eigenvalue weighted by molar-refractivity contribution is 6.31. The number of carbonyl (C=O) groups is 1. The summed E-state index contributed by atoms with van der Waals surface area (Å²) in [5.74, 6) is 0.651. The highest BCUT2D eigenvalue weighted by Crippen LogP contribution is 2.40. The van der Waals surface area contributed by atoms with Gasteiger partial charge in [-0.2, -0.15) is 0 Å². The first kappa shape index (κ1) is 16.2. The molecular formula is C19H25ClN2O2. The maximum atomic E-state index is 12.9. The summed E-state index contributed by atoms with van der Waals surface area (Å²) in [6.07, 6.45) is 5.35. The molecule has 5 heteroatoms. The van der Waals surface area contributed by atoms with Gasteiger partial charge in [0.15, 0.2) is 0 Å². The molecule has 2 bridgehead atoms. The number of nitrogens with one attached hydrogen (secondary N) is 1. The molecule has 0 saturated carbocycles. The molecule has 2 unspecified atom stereocenters. The Morgan fingerprint density at radius 2 is 1.96 bits per heavy atom. The molecule has 3 heterocycles. The van der Waals surface area contributed by atoms with Gasteiger partial charge in [0.25, 0.3) is 5.91 Å². The molecule has 1 aromatic rings. The van der Waals surface area contributed by atoms with Crippen molar-refractivity contribution in [1.82, 2.24) is 10.2 Å². The number of amides is 1. The smallest absolute Gasteiger partial charge is 0.255 e. The van der Waals surface area contributed by atoms with Crippen molar-refractivity contribution in [3.05, 3.63) is 28.3 Å². The highest BCUT2D eigenvalue weighted by Gasteiger charge is 2.39. The van der Waals surface area contributed by atoms with Crippen molar-refractivity contribution < 1.29 is 9.53 Å². The molecule has 2 fully saturated rings. The number of rotatable bonds is 2. The molecule has 1 amide bonds. The van der Waals surface area contributed by atoms with Crippen LogP contribution in [0.3, 0.4) is 0 Å². The van der Waals surface area contributed by atoms with E-state index in [2.05, 4.69) is 17.3 Å². The first-order chi connectivity index (χ1) is 11.3. The monoisotopic (exact) mass is 348 g/mol. The van der Waals surface area contributed by atoms with Gasteiger partial charge in [-0.05, 0) is 58.7 Å². The first-order valence-electron chi connectivity index (χ1n) is 8.86. The molecule has 0 aromatic heterocycles. The Hall–Kier alpha value is -1.26. The van der Waals surface area contributed by atoms with Crippen molar-refractivity contribution in [2.75, 3.05) is 7.05 Å². The summed E-state index contributed by atoms with van der Waals surface area (Å²) < 4.78 is 6.03. The van der Waals surface area contributed by atoms with Gasteiger partial charge >= 0.3 is 0 Å². The van der Waals surface area contributed by atoms with Gasteiger partial charge < -0.3 is 15.0 Å². The third-order valence-corrected chi connectivity index (χ3v) is 6.02. The van der Waals surface area contributed by atoms with Crippen LogP contribution in [0.1, 0.15) is 55.5 Å². The number of halogens is 1. The Bertz CT molecular complexity index is 674. The molecule has 0 spiro atoms. The van der Waals surface area contributed by atoms with Crippen molar-refractivity contribution >= 4 is 17.5 Å². The third kappa shape index (κ3) is 2.80. The highest BCUT2D eigenvalue weighted by atomic mass is 35.5. The quantitative estimate of drug-likeness (QED) is 0.890. The van der Waals surface area contributed by atoms with E-state index in [0.717, 1.165) is 24.8 Å². The van der Waals surface area contributed by atoms with Crippen LogP contribution in [-0.4, -0.2) is 41.6 Å². The molecule has 1 N–H and O–H groups in total. The second kappa shape index (κ2) is 5.63. The number of hydrogen-bond acceptors (Lipinski definition) is 3. The largest absolute Gasteiger partial charge is 0.486 e. The number of hydrogen-bond donors (Lipinski definition) is 1. The van der Waals surface area contributed by atoms with E-state index in [-0.39, 0.29) is 17.6 Å². The fraction of sp³-hybridized carbons (Fsp3) is 0.632. The van der Waals surface area contributed by atoms with E-state index < -0.39 is 0 Å². The molecule has 3 aliphatic rings. The first-order valence-corrected chi connectivity index (χ1v) is 9.24. The lowest BCUT2D eigenvalue weighted by atomic mass is 9.97. The zero-order chi connectivity index (χ0) is 17.1. The van der Waals surface area contributed by atoms with E-state index in [1.807, 2.05) is 19.9 Å². The Morgan fingerprint density at radius 1 is 1.29 bits per heavy atom. The van der Waals surface area contributed by atoms with Gasteiger partial charge in [0, 0.05) is 35.1 Å². The van der Waals surface area contributed by atoms with E-state index in [4.69, 9.17) is 16.3 Å². The van der Waals surface area contributed by atoms with Crippen molar-refractivity contribution in [1.29, 1.82) is 0 Å². The number of carbonyl (C=O) groups excluding carboxylic acids is 1. The van der Waals surface area contributed by atoms with Crippen LogP contribution in [0.15, 0.2) is 12.1 Å². The van der Waals surface area contributed by atoms with Crippen LogP contribution < -0.4 is 10.1 Å². The minimum atomic E-state index is -0.283. The van der Waals surface area contributed by atoms with Crippen LogP contribution in [0.2, 0.25) is 5.02 Å². The van der Waals surface area contributed by atoms with E-state index >= 15 is 0 Å². The lowest BCUT2D eigenvalue weighted by molar-refractivity contribution is 0.0870. The second-order valence-corrected chi connectivity index (χ2v) is 8.61. The maximum Gasteiger partial charge on any atom is 0.255 e. The van der Waals surface area contributed by atoms with Crippen molar-refractivity contribution in [3.8, 4) is 5.75 Å². The Labute approximate surface area is 148 Å². The lowest BCUT2D eigenvalue weighted by Gasteiger charge is -2.36. The molecule has 130 valence electrons. The van der Waals surface area contributed by atoms with Crippen LogP contribution in [0.5, 0.6) is 5.75 Å². The van der Waals surface area contributed by atoms with Gasteiger partial charge in [-0.25, -0.2) is 0 Å². The van der Waals surface area contributed by atoms with E-state index in [1.165, 1.54) is 12.8 Å². The SMILES string of the molecule is CN1C2CC[C@@H]1CC(NC(=O)c1cc(Cl)cc3c1OC(C)(C)C3)C2. The van der Waals surface area contributed by atoms with Crippen LogP contribution >= 0.6 is 11.6 Å². The summed E-state index contributed by atoms with van der Waals surface area (Å²) in [7, 11) is 2.21. The summed E-state index contributed by atoms with van der Waals surface area (Å²) in [4.78, 5) is 15.4. The standard InChI is InChI=1S/C19H25ClN2O2/c1-19(2)10-11-6-12(20)7-16(17(11)24-19)18(23)21-13-8-14-4-5-15(9-13)22(14)3/h6-7,13-15H,4-5,8-10H2,1-3H3,(H,21,23)/t13?,14-,15?/m1/s1. The van der Waals surface area contributed by atoms with Gasteiger partial charge in [0.2, 0.25) is 0 Å². The van der Waals surface area contributed by atoms with Crippen LogP contribution in [-0.2, 0) is 6.42 Å². The van der Waals surface area contributed by atoms with Crippen molar-refractivity contribution in [2.24, 2.45) is 0 Å². The summed E-state index contributed by atoms with van der Waals surface area (Å²) in [6, 6.07) is 5.11. The van der Waals surface area contributed by atoms with Gasteiger partial charge in [0.1, 0.15) is 11.4 Å². The number of piperidine rings is 1. The van der Waals surface area contributed by atoms with Gasteiger partial charge in [-0.15, -0.1) is 0 Å². The van der Waals surface area contributed by atoms with Crippen LogP contribution in [0.25, 0.3) is 0 Å². The predicted octanol–water partition coefficient (Wildman–Crippen LogP) is 3.41. The number of benzene rings is 1. The van der Waals surface area contributed by atoms with E-state index in [9.17, 15) is 4.79 Å². The molecule has 2 saturated heterocycles. The summed E-state index contributed by atoms with van der Waals surface area (Å²) in [5.41, 5.74) is 1.32. The Balaban J connectivity index is 1.54. The van der Waals surface area contributed by atoms with Crippen LogP contribution in [0.4, 0.5) is 0 Å². The minimum Gasteiger partial charge on any atom is -0.486 e. The molecule has 0 radical (unpaired) electrons. The molecule has 4 rings (SSSR count). The Kier molecular flexibility index (Phi) is 3.81. The number of nitrogens with zero attached hydrogens (tertiary/aromatic N) is 1. The number of fused-ring (bicyclic) bond motifs is 3. The van der Waals surface area contributed by atoms with E-state index in [1.54, 1.807) is 6.07 Å². The molecule has 3 atom stereocenters. The zero-order valence-corrected chi connectivity index (χ0v) is 15.3. The zero-order valence-electron chi connectivity index (χ0n) is 14.6. The average Bonchev–Trinajstić information content (AvgIpc) is 2.88. The molecule has 4 nitrogen and oxygen atoms in total. The fourth-order valence-corrected chi connectivity index (χ4v) is 4.87. The fourth-order valence-electron chi connectivity index (χ4n) is 4.63. The van der Waals surface area contributed by atoms with Crippen LogP contribution in [0, 0.1) is 0 Å².